The molecule has 2 aromatic heterocycles. The molecular formula is C12H14ClN5OS3. The summed E-state index contributed by atoms with van der Waals surface area (Å²) in [7, 11) is 0. The van der Waals surface area contributed by atoms with Crippen LogP contribution in [0, 0.1) is 0 Å². The van der Waals surface area contributed by atoms with E-state index in [0.717, 1.165) is 22.3 Å². The number of carbonyl (C=O) groups is 1. The first-order valence-electron chi connectivity index (χ1n) is 6.57. The summed E-state index contributed by atoms with van der Waals surface area (Å²) in [6, 6.07) is 0. The van der Waals surface area contributed by atoms with Crippen molar-refractivity contribution >= 4 is 57.5 Å². The summed E-state index contributed by atoms with van der Waals surface area (Å²) in [6.45, 7) is 4.08. The topological polar surface area (TPSA) is 80.7 Å². The van der Waals surface area contributed by atoms with Crippen molar-refractivity contribution in [3.05, 3.63) is 16.9 Å². The second kappa shape index (κ2) is 8.66. The zero-order valence-electron chi connectivity index (χ0n) is 12.0. The van der Waals surface area contributed by atoms with Crippen LogP contribution in [0.5, 0.6) is 0 Å². The van der Waals surface area contributed by atoms with Crippen molar-refractivity contribution in [1.82, 2.24) is 20.2 Å². The molecule has 1 amide bonds. The molecule has 0 spiro atoms. The third-order valence-corrected chi connectivity index (χ3v) is 5.47. The molecule has 0 radical (unpaired) electrons. The van der Waals surface area contributed by atoms with Crippen molar-refractivity contribution in [3.8, 4) is 0 Å². The standard InChI is InChI=1S/C12H14ClN5OS3/c1-3-5-21-12-18-17-11(22-12)16-9(19)8-7(13)6-14-10(15-8)20-4-2/h6H,3-5H2,1-2H3,(H,16,17,19). The maximum Gasteiger partial charge on any atom is 0.277 e. The fourth-order valence-corrected chi connectivity index (χ4v) is 3.76. The zero-order chi connectivity index (χ0) is 15.9. The summed E-state index contributed by atoms with van der Waals surface area (Å²) < 4.78 is 0.827. The highest BCUT2D eigenvalue weighted by Gasteiger charge is 2.16. The third-order valence-electron chi connectivity index (χ3n) is 2.27. The van der Waals surface area contributed by atoms with Crippen molar-refractivity contribution < 1.29 is 4.79 Å². The maximum atomic E-state index is 12.3. The molecule has 0 saturated carbocycles. The molecule has 1 N–H and O–H groups in total. The number of nitrogens with zero attached hydrogens (tertiary/aromatic N) is 4. The summed E-state index contributed by atoms with van der Waals surface area (Å²) in [5.41, 5.74) is 0.144. The van der Waals surface area contributed by atoms with Gasteiger partial charge in [0, 0.05) is 5.75 Å². The first kappa shape index (κ1) is 17.5. The van der Waals surface area contributed by atoms with Crippen molar-refractivity contribution in [2.24, 2.45) is 0 Å². The van der Waals surface area contributed by atoms with E-state index < -0.39 is 5.91 Å². The largest absolute Gasteiger partial charge is 0.295 e. The van der Waals surface area contributed by atoms with Gasteiger partial charge in [0.05, 0.1) is 11.2 Å². The van der Waals surface area contributed by atoms with Crippen molar-refractivity contribution in [2.75, 3.05) is 16.8 Å². The minimum Gasteiger partial charge on any atom is -0.295 e. The second-order valence-corrected chi connectivity index (χ2v) is 7.92. The monoisotopic (exact) mass is 375 g/mol. The number of halogens is 1. The van der Waals surface area contributed by atoms with Gasteiger partial charge in [0.2, 0.25) is 5.13 Å². The highest BCUT2D eigenvalue weighted by atomic mass is 35.5. The lowest BCUT2D eigenvalue weighted by atomic mass is 10.4. The molecule has 0 aliphatic carbocycles. The average Bonchev–Trinajstić information content (AvgIpc) is 2.94. The third kappa shape index (κ3) is 4.80. The molecule has 6 nitrogen and oxygen atoms in total. The number of hydrogen-bond acceptors (Lipinski definition) is 8. The first-order valence-corrected chi connectivity index (χ1v) is 9.73. The molecule has 10 heteroatoms. The van der Waals surface area contributed by atoms with Gasteiger partial charge in [0.15, 0.2) is 15.2 Å². The van der Waals surface area contributed by atoms with E-state index in [1.54, 1.807) is 11.8 Å². The summed E-state index contributed by atoms with van der Waals surface area (Å²) >= 11 is 10.4. The number of hydrogen-bond donors (Lipinski definition) is 1. The summed E-state index contributed by atoms with van der Waals surface area (Å²) in [4.78, 5) is 20.5. The summed E-state index contributed by atoms with van der Waals surface area (Å²) in [6.07, 6.45) is 2.49. The van der Waals surface area contributed by atoms with E-state index in [1.807, 2.05) is 6.92 Å². The van der Waals surface area contributed by atoms with Crippen LogP contribution in [0.1, 0.15) is 30.8 Å². The van der Waals surface area contributed by atoms with E-state index in [-0.39, 0.29) is 10.7 Å². The molecule has 0 atom stereocenters. The number of rotatable bonds is 7. The van der Waals surface area contributed by atoms with E-state index in [1.165, 1.54) is 29.3 Å². The van der Waals surface area contributed by atoms with Gasteiger partial charge in [-0.25, -0.2) is 9.97 Å². The molecular weight excluding hydrogens is 362 g/mol. The average molecular weight is 376 g/mol. The van der Waals surface area contributed by atoms with Crippen LogP contribution in [-0.4, -0.2) is 37.6 Å². The van der Waals surface area contributed by atoms with E-state index in [9.17, 15) is 4.79 Å². The second-order valence-electron chi connectivity index (χ2n) is 3.96. The van der Waals surface area contributed by atoms with Crippen LogP contribution < -0.4 is 5.32 Å². The minimum absolute atomic E-state index is 0.144. The molecule has 0 saturated heterocycles. The number of amides is 1. The van der Waals surface area contributed by atoms with Crippen molar-refractivity contribution in [1.29, 1.82) is 0 Å². The normalized spacial score (nSPS) is 10.7. The van der Waals surface area contributed by atoms with Gasteiger partial charge in [-0.05, 0) is 12.2 Å². The summed E-state index contributed by atoms with van der Waals surface area (Å²) in [5, 5.41) is 11.8. The molecule has 0 aromatic carbocycles. The number of carbonyl (C=O) groups excluding carboxylic acids is 1. The molecule has 2 rings (SSSR count). The molecule has 0 bridgehead atoms. The van der Waals surface area contributed by atoms with Crippen LogP contribution in [0.4, 0.5) is 5.13 Å². The summed E-state index contributed by atoms with van der Waals surface area (Å²) in [5.74, 6) is 1.38. The molecule has 0 aliphatic heterocycles. The van der Waals surface area contributed by atoms with Gasteiger partial charge in [-0.15, -0.1) is 10.2 Å². The van der Waals surface area contributed by atoms with E-state index in [0.29, 0.717) is 10.3 Å². The van der Waals surface area contributed by atoms with Crippen LogP contribution in [-0.2, 0) is 0 Å². The van der Waals surface area contributed by atoms with Gasteiger partial charge >= 0.3 is 0 Å². The van der Waals surface area contributed by atoms with Crippen LogP contribution in [0.3, 0.4) is 0 Å². The minimum atomic E-state index is -0.409. The molecule has 118 valence electrons. The van der Waals surface area contributed by atoms with Crippen molar-refractivity contribution in [3.63, 3.8) is 0 Å². The smallest absolute Gasteiger partial charge is 0.277 e. The van der Waals surface area contributed by atoms with Gasteiger partial charge in [-0.1, -0.05) is 60.3 Å². The Bertz CT molecular complexity index is 651. The van der Waals surface area contributed by atoms with E-state index in [4.69, 9.17) is 11.6 Å². The molecule has 22 heavy (non-hydrogen) atoms. The lowest BCUT2D eigenvalue weighted by Crippen LogP contribution is -2.15. The Morgan fingerprint density at radius 1 is 1.36 bits per heavy atom. The van der Waals surface area contributed by atoms with E-state index >= 15 is 0 Å². The fraction of sp³-hybridized carbons (Fsp3) is 0.417. The van der Waals surface area contributed by atoms with Gasteiger partial charge < -0.3 is 0 Å². The van der Waals surface area contributed by atoms with E-state index in [2.05, 4.69) is 32.4 Å². The molecule has 0 unspecified atom stereocenters. The van der Waals surface area contributed by atoms with Gasteiger partial charge in [0.25, 0.3) is 5.91 Å². The SMILES string of the molecule is CCCSc1nnc(NC(=O)c2nc(SCC)ncc2Cl)s1. The molecule has 0 fully saturated rings. The zero-order valence-corrected chi connectivity index (χ0v) is 15.2. The van der Waals surface area contributed by atoms with Crippen molar-refractivity contribution in [2.45, 2.75) is 29.8 Å². The Morgan fingerprint density at radius 2 is 2.18 bits per heavy atom. The Hall–Kier alpha value is -0.900. The number of aromatic nitrogens is 4. The maximum absolute atomic E-state index is 12.3. The molecule has 0 aliphatic rings. The van der Waals surface area contributed by atoms with Crippen LogP contribution in [0.2, 0.25) is 5.02 Å². The number of nitrogens with one attached hydrogen (secondary N) is 1. The van der Waals surface area contributed by atoms with Crippen LogP contribution in [0.15, 0.2) is 15.7 Å². The highest BCUT2D eigenvalue weighted by molar-refractivity contribution is 8.01. The predicted octanol–water partition coefficient (Wildman–Crippen LogP) is 3.85. The highest BCUT2D eigenvalue weighted by Crippen LogP contribution is 2.26. The van der Waals surface area contributed by atoms with Gasteiger partial charge in [-0.2, -0.15) is 0 Å². The lowest BCUT2D eigenvalue weighted by molar-refractivity contribution is 0.102. The Morgan fingerprint density at radius 3 is 2.91 bits per heavy atom. The van der Waals surface area contributed by atoms with Crippen LogP contribution >= 0.6 is 46.5 Å². The first-order chi connectivity index (χ1) is 10.6. The lowest BCUT2D eigenvalue weighted by Gasteiger charge is -2.04. The quantitative estimate of drug-likeness (QED) is 0.447. The molecule has 2 aromatic rings. The fourth-order valence-electron chi connectivity index (χ4n) is 1.37. The predicted molar refractivity (Wildman–Crippen MR) is 92.3 cm³/mol. The number of thioether (sulfide) groups is 2. The van der Waals surface area contributed by atoms with Crippen LogP contribution in [0.25, 0.3) is 0 Å². The Labute approximate surface area is 145 Å². The Kier molecular flexibility index (Phi) is 6.87. The number of anilines is 1. The van der Waals surface area contributed by atoms with Gasteiger partial charge in [-0.3, -0.25) is 10.1 Å². The van der Waals surface area contributed by atoms with Gasteiger partial charge in [0.1, 0.15) is 0 Å². The molecule has 2 heterocycles. The Balaban J connectivity index is 2.08.